The van der Waals surface area contributed by atoms with Gasteiger partial charge in [0.2, 0.25) is 0 Å². The van der Waals surface area contributed by atoms with Gasteiger partial charge in [0.25, 0.3) is 0 Å². The molecule has 0 saturated carbocycles. The van der Waals surface area contributed by atoms with E-state index in [9.17, 15) is 23.2 Å². The van der Waals surface area contributed by atoms with Crippen LogP contribution in [0.3, 0.4) is 0 Å². The van der Waals surface area contributed by atoms with Crippen molar-refractivity contribution >= 4 is 6.03 Å². The maximum Gasteiger partial charge on any atom is 0.416 e. The highest BCUT2D eigenvalue weighted by molar-refractivity contribution is 5.77. The molecule has 2 amide bonds. The molecule has 3 aromatic rings. The summed E-state index contributed by atoms with van der Waals surface area (Å²) in [6.45, 7) is 0.842. The summed E-state index contributed by atoms with van der Waals surface area (Å²) in [4.78, 5) is 18.3. The molecule has 0 aliphatic carbocycles. The first kappa shape index (κ1) is 23.6. The number of aromatic nitrogens is 1. The third kappa shape index (κ3) is 4.86. The Labute approximate surface area is 194 Å². The number of benzene rings is 2. The van der Waals surface area contributed by atoms with E-state index < -0.39 is 17.8 Å². The van der Waals surface area contributed by atoms with Crippen molar-refractivity contribution in [1.29, 1.82) is 0 Å². The van der Waals surface area contributed by atoms with E-state index in [1.165, 1.54) is 19.2 Å². The van der Waals surface area contributed by atoms with E-state index in [4.69, 9.17) is 14.1 Å². The lowest BCUT2D eigenvalue weighted by Crippen LogP contribution is -2.43. The number of oxazole rings is 1. The number of urea groups is 1. The van der Waals surface area contributed by atoms with Gasteiger partial charge in [-0.05, 0) is 49.2 Å². The van der Waals surface area contributed by atoms with E-state index >= 15 is 0 Å². The number of alkyl halides is 3. The molecule has 1 aliphatic heterocycles. The van der Waals surface area contributed by atoms with Crippen LogP contribution >= 0.6 is 0 Å². The predicted octanol–water partition coefficient (Wildman–Crippen LogP) is 5.66. The number of carbonyl (C=O) groups is 1. The second-order valence-corrected chi connectivity index (χ2v) is 8.10. The minimum absolute atomic E-state index is 0.0757. The predicted molar refractivity (Wildman–Crippen MR) is 117 cm³/mol. The molecule has 1 saturated heterocycles. The normalized spacial score (nSPS) is 14.8. The molecule has 0 bridgehead atoms. The summed E-state index contributed by atoms with van der Waals surface area (Å²) >= 11 is 0. The highest BCUT2D eigenvalue weighted by Gasteiger charge is 2.32. The topological polar surface area (TPSA) is 79.0 Å². The Kier molecular flexibility index (Phi) is 6.52. The summed E-state index contributed by atoms with van der Waals surface area (Å²) in [5.41, 5.74) is 0.992. The summed E-state index contributed by atoms with van der Waals surface area (Å²) in [5, 5.41) is 9.94. The highest BCUT2D eigenvalue weighted by atomic mass is 19.4. The number of piperidine rings is 1. The van der Waals surface area contributed by atoms with Crippen LogP contribution in [-0.2, 0) is 6.18 Å². The van der Waals surface area contributed by atoms with Crippen LogP contribution in [0.25, 0.3) is 22.6 Å². The molecule has 10 heteroatoms. The van der Waals surface area contributed by atoms with Crippen LogP contribution in [0.1, 0.15) is 30.2 Å². The van der Waals surface area contributed by atoms with Crippen molar-refractivity contribution in [2.24, 2.45) is 0 Å². The van der Waals surface area contributed by atoms with Gasteiger partial charge in [0, 0.05) is 37.2 Å². The smallest absolute Gasteiger partial charge is 0.416 e. The third-order valence-corrected chi connectivity index (χ3v) is 5.87. The van der Waals surface area contributed by atoms with Gasteiger partial charge < -0.3 is 14.1 Å². The monoisotopic (exact) mass is 475 g/mol. The van der Waals surface area contributed by atoms with Crippen molar-refractivity contribution in [3.05, 3.63) is 60.0 Å². The molecule has 0 radical (unpaired) electrons. The molecule has 2 heterocycles. The molecule has 1 aromatic heterocycles. The molecule has 2 aromatic carbocycles. The number of methoxy groups -OCH3 is 1. The van der Waals surface area contributed by atoms with Crippen molar-refractivity contribution < 1.29 is 32.3 Å². The molecular weight excluding hydrogens is 451 g/mol. The number of ether oxygens (including phenoxy) is 1. The Bertz CT molecular complexity index is 1130. The zero-order valence-corrected chi connectivity index (χ0v) is 18.7. The Balaban J connectivity index is 1.67. The van der Waals surface area contributed by atoms with Gasteiger partial charge in [-0.25, -0.2) is 14.8 Å². The van der Waals surface area contributed by atoms with Gasteiger partial charge >= 0.3 is 12.2 Å². The first-order valence-electron chi connectivity index (χ1n) is 10.7. The SMILES string of the molecule is COc1ccc(-c2nc(C3CCN(C(=O)N(C)O)CC3)oc2-c2ccc(C(F)(F)F)cc2)cc1. The second-order valence-electron chi connectivity index (χ2n) is 8.10. The average Bonchev–Trinajstić information content (AvgIpc) is 3.28. The largest absolute Gasteiger partial charge is 0.497 e. The van der Waals surface area contributed by atoms with Crippen molar-refractivity contribution in [2.75, 3.05) is 27.2 Å². The first-order chi connectivity index (χ1) is 16.2. The molecule has 0 spiro atoms. The van der Waals surface area contributed by atoms with Crippen LogP contribution < -0.4 is 4.74 Å². The third-order valence-electron chi connectivity index (χ3n) is 5.87. The molecule has 180 valence electrons. The second kappa shape index (κ2) is 9.38. The molecule has 1 aliphatic rings. The number of hydrogen-bond donors (Lipinski definition) is 1. The molecule has 1 N–H and O–H groups in total. The molecule has 7 nitrogen and oxygen atoms in total. The minimum Gasteiger partial charge on any atom is -0.497 e. The van der Waals surface area contributed by atoms with Crippen LogP contribution in [-0.4, -0.2) is 53.4 Å². The molecule has 4 rings (SSSR count). The average molecular weight is 475 g/mol. The zero-order valence-electron chi connectivity index (χ0n) is 18.7. The van der Waals surface area contributed by atoms with Gasteiger partial charge in [-0.3, -0.25) is 5.21 Å². The maximum absolute atomic E-state index is 13.0. The van der Waals surface area contributed by atoms with E-state index in [2.05, 4.69) is 0 Å². The quantitative estimate of drug-likeness (QED) is 0.389. The fraction of sp³-hybridized carbons (Fsp3) is 0.333. The van der Waals surface area contributed by atoms with Crippen LogP contribution in [0.15, 0.2) is 52.9 Å². The Hall–Kier alpha value is -3.53. The number of rotatable bonds is 4. The summed E-state index contributed by atoms with van der Waals surface area (Å²) in [7, 11) is 2.84. The number of halogens is 3. The van der Waals surface area contributed by atoms with Gasteiger partial charge in [-0.1, -0.05) is 12.1 Å². The van der Waals surface area contributed by atoms with E-state index in [1.807, 2.05) is 12.1 Å². The number of carbonyl (C=O) groups excluding carboxylic acids is 1. The zero-order chi connectivity index (χ0) is 24.5. The van der Waals surface area contributed by atoms with Crippen LogP contribution in [0.5, 0.6) is 5.75 Å². The maximum atomic E-state index is 13.0. The van der Waals surface area contributed by atoms with Crippen molar-refractivity contribution in [1.82, 2.24) is 14.9 Å². The summed E-state index contributed by atoms with van der Waals surface area (Å²) in [5.74, 6) is 1.43. The fourth-order valence-electron chi connectivity index (χ4n) is 3.98. The number of likely N-dealkylation sites (tertiary alicyclic amines) is 1. The molecule has 0 atom stereocenters. The Morgan fingerprint density at radius 1 is 1.09 bits per heavy atom. The van der Waals surface area contributed by atoms with E-state index in [0.29, 0.717) is 59.7 Å². The molecular formula is C24H24F3N3O4. The minimum atomic E-state index is -4.43. The van der Waals surface area contributed by atoms with Gasteiger partial charge in [0.05, 0.1) is 12.7 Å². The van der Waals surface area contributed by atoms with Crippen molar-refractivity contribution in [3.8, 4) is 28.3 Å². The summed E-state index contributed by atoms with van der Waals surface area (Å²) in [6.07, 6.45) is -3.28. The number of hydrogen-bond acceptors (Lipinski definition) is 5. The Morgan fingerprint density at radius 3 is 2.21 bits per heavy atom. The van der Waals surface area contributed by atoms with Crippen LogP contribution in [0.4, 0.5) is 18.0 Å². The van der Waals surface area contributed by atoms with Crippen LogP contribution in [0.2, 0.25) is 0 Å². The number of amides is 2. The lowest BCUT2D eigenvalue weighted by molar-refractivity contribution is -0.137. The van der Waals surface area contributed by atoms with Crippen LogP contribution in [0, 0.1) is 0 Å². The van der Waals surface area contributed by atoms with Gasteiger partial charge in [-0.2, -0.15) is 13.2 Å². The van der Waals surface area contributed by atoms with Gasteiger partial charge in [-0.15, -0.1) is 0 Å². The molecule has 1 fully saturated rings. The lowest BCUT2D eigenvalue weighted by atomic mass is 9.97. The van der Waals surface area contributed by atoms with Gasteiger partial charge in [0.1, 0.15) is 11.4 Å². The standard InChI is InChI=1S/C24H24F3N3O4/c1-29(32)23(31)30-13-11-17(12-14-30)22-28-20(15-5-9-19(33-2)10-6-15)21(34-22)16-3-7-18(8-4-16)24(25,26)27/h3-10,17,32H,11-14H2,1-2H3. The van der Waals surface area contributed by atoms with E-state index in [1.54, 1.807) is 24.1 Å². The fourth-order valence-corrected chi connectivity index (χ4v) is 3.98. The lowest BCUT2D eigenvalue weighted by Gasteiger charge is -2.31. The van der Waals surface area contributed by atoms with Gasteiger partial charge in [0.15, 0.2) is 11.7 Å². The highest BCUT2D eigenvalue weighted by Crippen LogP contribution is 2.39. The molecule has 0 unspecified atom stereocenters. The van der Waals surface area contributed by atoms with E-state index in [-0.39, 0.29) is 5.92 Å². The first-order valence-corrected chi connectivity index (χ1v) is 10.7. The molecule has 34 heavy (non-hydrogen) atoms. The Morgan fingerprint density at radius 2 is 1.68 bits per heavy atom. The summed E-state index contributed by atoms with van der Waals surface area (Å²) < 4.78 is 50.4. The number of nitrogens with zero attached hydrogens (tertiary/aromatic N) is 3. The number of hydroxylamine groups is 2. The summed E-state index contributed by atoms with van der Waals surface area (Å²) in [6, 6.07) is 11.5. The van der Waals surface area contributed by atoms with E-state index in [0.717, 1.165) is 17.7 Å². The van der Waals surface area contributed by atoms with Crippen molar-refractivity contribution in [3.63, 3.8) is 0 Å². The van der Waals surface area contributed by atoms with Crippen molar-refractivity contribution in [2.45, 2.75) is 24.9 Å².